The highest BCUT2D eigenvalue weighted by molar-refractivity contribution is 6.11. The second-order valence-corrected chi connectivity index (χ2v) is 5.10. The molecule has 4 nitrogen and oxygen atoms in total. The van der Waals surface area contributed by atoms with Gasteiger partial charge in [-0.25, -0.2) is 4.79 Å². The first-order valence-electron chi connectivity index (χ1n) is 6.76. The van der Waals surface area contributed by atoms with Crippen LogP contribution < -0.4 is 0 Å². The summed E-state index contributed by atoms with van der Waals surface area (Å²) in [5, 5.41) is 0.869. The van der Waals surface area contributed by atoms with Crippen molar-refractivity contribution in [3.8, 4) is 0 Å². The minimum Gasteiger partial charge on any atom is -0.465 e. The molecule has 0 atom stereocenters. The van der Waals surface area contributed by atoms with Crippen LogP contribution >= 0.6 is 0 Å². The van der Waals surface area contributed by atoms with Crippen molar-refractivity contribution in [2.75, 3.05) is 7.11 Å². The summed E-state index contributed by atoms with van der Waals surface area (Å²) in [6.45, 7) is 5.79. The molecule has 0 saturated heterocycles. The van der Waals surface area contributed by atoms with Crippen LogP contribution in [0.1, 0.15) is 47.2 Å². The summed E-state index contributed by atoms with van der Waals surface area (Å²) in [7, 11) is 1.35. The summed E-state index contributed by atoms with van der Waals surface area (Å²) < 4.78 is 4.71. The molecule has 1 aromatic heterocycles. The van der Waals surface area contributed by atoms with E-state index in [1.54, 1.807) is 12.1 Å². The standard InChI is InChI=1S/C16H19NO3/c1-5-12-14(15(18)9(2)3)11-7-6-10(16(19)20-4)8-13(11)17-12/h6-9,17H,5H2,1-4H3. The van der Waals surface area contributed by atoms with Gasteiger partial charge in [0, 0.05) is 28.1 Å². The Hall–Kier alpha value is -2.10. The number of carbonyl (C=O) groups excluding carboxylic acids is 2. The number of aryl methyl sites for hydroxylation is 1. The number of esters is 1. The SMILES string of the molecule is CCc1[nH]c2cc(C(=O)OC)ccc2c1C(=O)C(C)C. The molecule has 0 saturated carbocycles. The molecule has 0 aliphatic carbocycles. The molecule has 0 aliphatic heterocycles. The van der Waals surface area contributed by atoms with Crippen LogP contribution in [0.3, 0.4) is 0 Å². The van der Waals surface area contributed by atoms with Crippen molar-refractivity contribution in [3.63, 3.8) is 0 Å². The average molecular weight is 273 g/mol. The number of nitrogens with one attached hydrogen (secondary N) is 1. The molecule has 0 radical (unpaired) electrons. The van der Waals surface area contributed by atoms with Crippen LogP contribution in [0.2, 0.25) is 0 Å². The highest BCUT2D eigenvalue weighted by Gasteiger charge is 2.20. The largest absolute Gasteiger partial charge is 0.465 e. The lowest BCUT2D eigenvalue weighted by atomic mass is 9.97. The monoisotopic (exact) mass is 273 g/mol. The second kappa shape index (κ2) is 5.49. The van der Waals surface area contributed by atoms with Crippen LogP contribution in [-0.2, 0) is 11.2 Å². The smallest absolute Gasteiger partial charge is 0.337 e. The van der Waals surface area contributed by atoms with Crippen molar-refractivity contribution >= 4 is 22.7 Å². The fraction of sp³-hybridized carbons (Fsp3) is 0.375. The predicted octanol–water partition coefficient (Wildman–Crippen LogP) is 3.36. The van der Waals surface area contributed by atoms with Gasteiger partial charge in [-0.1, -0.05) is 26.8 Å². The maximum atomic E-state index is 12.4. The zero-order chi connectivity index (χ0) is 14.9. The molecule has 0 spiro atoms. The lowest BCUT2D eigenvalue weighted by Crippen LogP contribution is -2.09. The van der Waals surface area contributed by atoms with E-state index in [-0.39, 0.29) is 17.7 Å². The number of aromatic amines is 1. The molecule has 106 valence electrons. The van der Waals surface area contributed by atoms with Crippen LogP contribution in [-0.4, -0.2) is 23.8 Å². The molecule has 4 heteroatoms. The molecule has 0 fully saturated rings. The van der Waals surface area contributed by atoms with Gasteiger partial charge in [-0.3, -0.25) is 4.79 Å². The molecule has 0 aliphatic rings. The van der Waals surface area contributed by atoms with E-state index < -0.39 is 0 Å². The molecule has 0 amide bonds. The van der Waals surface area contributed by atoms with Gasteiger partial charge in [-0.2, -0.15) is 0 Å². The molecule has 1 heterocycles. The molecule has 2 aromatic rings. The van der Waals surface area contributed by atoms with E-state index in [2.05, 4.69) is 4.98 Å². The first-order valence-corrected chi connectivity index (χ1v) is 6.76. The molecule has 0 bridgehead atoms. The number of rotatable bonds is 4. The Morgan fingerprint density at radius 3 is 2.55 bits per heavy atom. The Labute approximate surface area is 118 Å². The Morgan fingerprint density at radius 2 is 2.00 bits per heavy atom. The summed E-state index contributed by atoms with van der Waals surface area (Å²) in [6, 6.07) is 5.24. The lowest BCUT2D eigenvalue weighted by molar-refractivity contribution is 0.0600. The predicted molar refractivity (Wildman–Crippen MR) is 78.2 cm³/mol. The van der Waals surface area contributed by atoms with E-state index in [0.29, 0.717) is 5.56 Å². The van der Waals surface area contributed by atoms with E-state index in [9.17, 15) is 9.59 Å². The summed E-state index contributed by atoms with van der Waals surface area (Å²) in [6.07, 6.45) is 0.746. The van der Waals surface area contributed by atoms with Crippen molar-refractivity contribution < 1.29 is 14.3 Å². The summed E-state index contributed by atoms with van der Waals surface area (Å²) in [5.74, 6) is -0.310. The van der Waals surface area contributed by atoms with E-state index in [4.69, 9.17) is 4.74 Å². The van der Waals surface area contributed by atoms with Gasteiger partial charge in [-0.05, 0) is 18.6 Å². The normalized spacial score (nSPS) is 11.1. The molecular formula is C16H19NO3. The van der Waals surface area contributed by atoms with Gasteiger partial charge in [0.2, 0.25) is 0 Å². The van der Waals surface area contributed by atoms with Gasteiger partial charge in [0.05, 0.1) is 12.7 Å². The molecule has 1 N–H and O–H groups in total. The van der Waals surface area contributed by atoms with Crippen LogP contribution in [0.4, 0.5) is 0 Å². The number of aromatic nitrogens is 1. The highest BCUT2D eigenvalue weighted by Crippen LogP contribution is 2.26. The number of ether oxygens (including phenoxy) is 1. The van der Waals surface area contributed by atoms with Gasteiger partial charge in [0.25, 0.3) is 0 Å². The van der Waals surface area contributed by atoms with Gasteiger partial charge in [0.1, 0.15) is 0 Å². The maximum absolute atomic E-state index is 12.4. The van der Waals surface area contributed by atoms with Crippen molar-refractivity contribution in [2.24, 2.45) is 5.92 Å². The van der Waals surface area contributed by atoms with Gasteiger partial charge in [0.15, 0.2) is 5.78 Å². The number of methoxy groups -OCH3 is 1. The van der Waals surface area contributed by atoms with Crippen molar-refractivity contribution in [3.05, 3.63) is 35.0 Å². The highest BCUT2D eigenvalue weighted by atomic mass is 16.5. The summed E-state index contributed by atoms with van der Waals surface area (Å²) in [4.78, 5) is 27.2. The van der Waals surface area contributed by atoms with Crippen LogP contribution in [0, 0.1) is 5.92 Å². The third-order valence-corrected chi connectivity index (χ3v) is 3.42. The fourth-order valence-electron chi connectivity index (χ4n) is 2.33. The van der Waals surface area contributed by atoms with Crippen LogP contribution in [0.25, 0.3) is 10.9 Å². The molecular weight excluding hydrogens is 254 g/mol. The third kappa shape index (κ3) is 2.33. The van der Waals surface area contributed by atoms with Crippen molar-refractivity contribution in [1.29, 1.82) is 0 Å². The number of Topliss-reactive ketones (excluding diaryl/α,β-unsaturated/α-hetero) is 1. The van der Waals surface area contributed by atoms with E-state index in [0.717, 1.165) is 28.6 Å². The number of hydrogen-bond acceptors (Lipinski definition) is 3. The summed E-state index contributed by atoms with van der Waals surface area (Å²) >= 11 is 0. The molecule has 0 unspecified atom stereocenters. The Kier molecular flexibility index (Phi) is 3.93. The van der Waals surface area contributed by atoms with E-state index in [1.807, 2.05) is 26.8 Å². The molecule has 20 heavy (non-hydrogen) atoms. The zero-order valence-corrected chi connectivity index (χ0v) is 12.2. The molecule has 2 rings (SSSR count). The maximum Gasteiger partial charge on any atom is 0.337 e. The van der Waals surface area contributed by atoms with Gasteiger partial charge < -0.3 is 9.72 Å². The first kappa shape index (κ1) is 14.3. The Bertz CT molecular complexity index is 668. The van der Waals surface area contributed by atoms with Crippen molar-refractivity contribution in [2.45, 2.75) is 27.2 Å². The number of hydrogen-bond donors (Lipinski definition) is 1. The van der Waals surface area contributed by atoms with E-state index >= 15 is 0 Å². The van der Waals surface area contributed by atoms with Gasteiger partial charge >= 0.3 is 5.97 Å². The average Bonchev–Trinajstić information content (AvgIpc) is 2.82. The van der Waals surface area contributed by atoms with E-state index in [1.165, 1.54) is 7.11 Å². The molecule has 1 aromatic carbocycles. The summed E-state index contributed by atoms with van der Waals surface area (Å²) in [5.41, 5.74) is 2.94. The minimum atomic E-state index is -0.378. The number of fused-ring (bicyclic) bond motifs is 1. The van der Waals surface area contributed by atoms with Gasteiger partial charge in [-0.15, -0.1) is 0 Å². The van der Waals surface area contributed by atoms with Crippen molar-refractivity contribution in [1.82, 2.24) is 4.98 Å². The number of ketones is 1. The number of benzene rings is 1. The second-order valence-electron chi connectivity index (χ2n) is 5.10. The number of H-pyrrole nitrogens is 1. The Morgan fingerprint density at radius 1 is 1.30 bits per heavy atom. The lowest BCUT2D eigenvalue weighted by Gasteiger charge is -2.05. The topological polar surface area (TPSA) is 59.2 Å². The Balaban J connectivity index is 2.64. The van der Waals surface area contributed by atoms with Crippen LogP contribution in [0.5, 0.6) is 0 Å². The first-order chi connectivity index (χ1) is 9.49. The third-order valence-electron chi connectivity index (χ3n) is 3.42. The van der Waals surface area contributed by atoms with Crippen LogP contribution in [0.15, 0.2) is 18.2 Å². The fourth-order valence-corrected chi connectivity index (χ4v) is 2.33. The quantitative estimate of drug-likeness (QED) is 0.686. The minimum absolute atomic E-state index is 0.0559. The number of carbonyl (C=O) groups is 2. The zero-order valence-electron chi connectivity index (χ0n) is 12.2.